The second-order valence-corrected chi connectivity index (χ2v) is 12.2. The van der Waals surface area contributed by atoms with Crippen LogP contribution < -0.4 is 0 Å². The number of alkyl halides is 1. The zero-order valence-corrected chi connectivity index (χ0v) is 20.3. The zero-order chi connectivity index (χ0) is 20.2. The highest BCUT2D eigenvalue weighted by Crippen LogP contribution is 2.68. The van der Waals surface area contributed by atoms with Gasteiger partial charge >= 0.3 is 0 Å². The molecule has 2 nitrogen and oxygen atoms in total. The van der Waals surface area contributed by atoms with E-state index >= 15 is 0 Å². The minimum absolute atomic E-state index is 0.446. The Balaban J connectivity index is 1.52. The third-order valence-electron chi connectivity index (χ3n) is 10.4. The highest BCUT2D eigenvalue weighted by atomic mass is 79.9. The molecule has 4 saturated carbocycles. The van der Waals surface area contributed by atoms with Gasteiger partial charge in [-0.05, 0) is 111 Å². The predicted octanol–water partition coefficient (Wildman–Crippen LogP) is 6.44. The lowest BCUT2D eigenvalue weighted by Crippen LogP contribution is -2.56. The van der Waals surface area contributed by atoms with Gasteiger partial charge in [-0.25, -0.2) is 0 Å². The van der Waals surface area contributed by atoms with E-state index < -0.39 is 5.60 Å². The molecule has 0 bridgehead atoms. The largest absolute Gasteiger partial charge is 0.387 e. The Morgan fingerprint density at radius 3 is 2.46 bits per heavy atom. The SMILES string of the molecule is CCOC[C@@]1(O)CC[C@@]2(C)[C@H](CC[C@@H]3[C@@H]2CC[C@]2(C)[C@@H](C(C)CBr)CC[C@@H]32)C1. The molecule has 3 heteroatoms. The van der Waals surface area contributed by atoms with Gasteiger partial charge in [0.2, 0.25) is 0 Å². The standard InChI is InChI=1S/C25H43BrO2/c1-5-28-16-25(27)13-12-23(3)18(14-25)6-7-19-21-9-8-20(17(2)15-26)24(21,4)11-10-22(19)23/h17-22,27H,5-16H2,1-4H3/t17?,18-,19+,20-,21+,22+,23+,24-,25-/m1/s1. The van der Waals surface area contributed by atoms with Gasteiger partial charge in [-0.15, -0.1) is 0 Å². The maximum atomic E-state index is 11.1. The average Bonchev–Trinajstić information content (AvgIpc) is 3.04. The highest BCUT2D eigenvalue weighted by Gasteiger charge is 2.61. The summed E-state index contributed by atoms with van der Waals surface area (Å²) in [5, 5.41) is 12.3. The fourth-order valence-electron chi connectivity index (χ4n) is 8.83. The maximum absolute atomic E-state index is 11.1. The van der Waals surface area contributed by atoms with Crippen LogP contribution in [-0.2, 0) is 4.74 Å². The minimum Gasteiger partial charge on any atom is -0.387 e. The topological polar surface area (TPSA) is 29.5 Å². The average molecular weight is 456 g/mol. The summed E-state index contributed by atoms with van der Waals surface area (Å²) in [5.74, 6) is 5.17. The molecule has 1 N–H and O–H groups in total. The van der Waals surface area contributed by atoms with Gasteiger partial charge in [-0.1, -0.05) is 36.7 Å². The van der Waals surface area contributed by atoms with Crippen molar-refractivity contribution < 1.29 is 9.84 Å². The van der Waals surface area contributed by atoms with Gasteiger partial charge in [0.1, 0.15) is 0 Å². The smallest absolute Gasteiger partial charge is 0.0883 e. The van der Waals surface area contributed by atoms with E-state index in [4.69, 9.17) is 4.74 Å². The normalized spacial score (nSPS) is 51.9. The molecule has 9 atom stereocenters. The van der Waals surface area contributed by atoms with Gasteiger partial charge in [0, 0.05) is 11.9 Å². The van der Waals surface area contributed by atoms with Crippen LogP contribution in [0, 0.1) is 46.3 Å². The van der Waals surface area contributed by atoms with E-state index in [9.17, 15) is 5.11 Å². The lowest BCUT2D eigenvalue weighted by Gasteiger charge is -2.62. The lowest BCUT2D eigenvalue weighted by atomic mass is 9.43. The highest BCUT2D eigenvalue weighted by molar-refractivity contribution is 9.09. The second kappa shape index (κ2) is 7.83. The third kappa shape index (κ3) is 3.34. The number of rotatable bonds is 5. The van der Waals surface area contributed by atoms with Crippen LogP contribution in [0.4, 0.5) is 0 Å². The number of halogens is 1. The molecule has 0 aliphatic heterocycles. The Morgan fingerprint density at radius 2 is 1.75 bits per heavy atom. The molecule has 0 aromatic rings. The summed E-state index contributed by atoms with van der Waals surface area (Å²) in [6.07, 6.45) is 11.6. The molecule has 0 spiro atoms. The van der Waals surface area contributed by atoms with Crippen LogP contribution in [-0.4, -0.2) is 29.3 Å². The molecule has 4 fully saturated rings. The molecule has 28 heavy (non-hydrogen) atoms. The Morgan fingerprint density at radius 1 is 1.00 bits per heavy atom. The molecule has 0 aromatic heterocycles. The van der Waals surface area contributed by atoms with Crippen LogP contribution in [0.1, 0.15) is 85.5 Å². The molecule has 4 aliphatic rings. The van der Waals surface area contributed by atoms with Gasteiger partial charge in [0.25, 0.3) is 0 Å². The van der Waals surface area contributed by atoms with Crippen molar-refractivity contribution >= 4 is 15.9 Å². The van der Waals surface area contributed by atoms with E-state index in [1.54, 1.807) is 0 Å². The van der Waals surface area contributed by atoms with E-state index in [0.29, 0.717) is 30.0 Å². The van der Waals surface area contributed by atoms with Crippen molar-refractivity contribution in [2.24, 2.45) is 46.3 Å². The first-order valence-corrected chi connectivity index (χ1v) is 13.3. The molecule has 0 saturated heterocycles. The van der Waals surface area contributed by atoms with Crippen LogP contribution >= 0.6 is 15.9 Å². The molecular weight excluding hydrogens is 412 g/mol. The maximum Gasteiger partial charge on any atom is 0.0883 e. The Bertz CT molecular complexity index is 567. The van der Waals surface area contributed by atoms with Gasteiger partial charge in [0.05, 0.1) is 12.2 Å². The van der Waals surface area contributed by atoms with E-state index in [1.165, 1.54) is 44.9 Å². The molecule has 0 aromatic carbocycles. The molecule has 1 unspecified atom stereocenters. The van der Waals surface area contributed by atoms with Crippen LogP contribution in [0.3, 0.4) is 0 Å². The Labute approximate surface area is 181 Å². The first-order chi connectivity index (χ1) is 13.3. The minimum atomic E-state index is -0.569. The second-order valence-electron chi connectivity index (χ2n) is 11.6. The van der Waals surface area contributed by atoms with Gasteiger partial charge in [-0.2, -0.15) is 0 Å². The Hall–Kier alpha value is 0.400. The first-order valence-electron chi connectivity index (χ1n) is 12.1. The number of fused-ring (bicyclic) bond motifs is 5. The summed E-state index contributed by atoms with van der Waals surface area (Å²) in [4.78, 5) is 0. The van der Waals surface area contributed by atoms with Crippen LogP contribution in [0.5, 0.6) is 0 Å². The van der Waals surface area contributed by atoms with Gasteiger partial charge in [-0.3, -0.25) is 0 Å². The van der Waals surface area contributed by atoms with Crippen LogP contribution in [0.15, 0.2) is 0 Å². The van der Waals surface area contributed by atoms with Crippen molar-refractivity contribution in [3.63, 3.8) is 0 Å². The number of ether oxygens (including phenoxy) is 1. The summed E-state index contributed by atoms with van der Waals surface area (Å²) in [6.45, 7) is 11.0. The molecular formula is C25H43BrO2. The van der Waals surface area contributed by atoms with Crippen molar-refractivity contribution in [3.8, 4) is 0 Å². The number of hydrogen-bond acceptors (Lipinski definition) is 2. The van der Waals surface area contributed by atoms with Crippen molar-refractivity contribution in [3.05, 3.63) is 0 Å². The van der Waals surface area contributed by atoms with Crippen molar-refractivity contribution in [1.29, 1.82) is 0 Å². The van der Waals surface area contributed by atoms with Gasteiger partial charge in [0.15, 0.2) is 0 Å². The molecule has 162 valence electrons. The monoisotopic (exact) mass is 454 g/mol. The molecule has 4 aliphatic carbocycles. The van der Waals surface area contributed by atoms with E-state index in [-0.39, 0.29) is 0 Å². The summed E-state index contributed by atoms with van der Waals surface area (Å²) in [6, 6.07) is 0. The summed E-state index contributed by atoms with van der Waals surface area (Å²) < 4.78 is 5.66. The summed E-state index contributed by atoms with van der Waals surface area (Å²) in [5.41, 5.74) is 0.448. The van der Waals surface area contributed by atoms with Gasteiger partial charge < -0.3 is 9.84 Å². The summed E-state index contributed by atoms with van der Waals surface area (Å²) in [7, 11) is 0. The van der Waals surface area contributed by atoms with E-state index in [2.05, 4.69) is 36.7 Å². The van der Waals surface area contributed by atoms with Crippen LogP contribution in [0.2, 0.25) is 0 Å². The molecule has 0 heterocycles. The fraction of sp³-hybridized carbons (Fsp3) is 1.00. The lowest BCUT2D eigenvalue weighted by molar-refractivity contribution is -0.165. The number of hydrogen-bond donors (Lipinski definition) is 1. The van der Waals surface area contributed by atoms with Crippen molar-refractivity contribution in [1.82, 2.24) is 0 Å². The Kier molecular flexibility index (Phi) is 6.04. The molecule has 0 radical (unpaired) electrons. The van der Waals surface area contributed by atoms with E-state index in [1.807, 2.05) is 6.92 Å². The fourth-order valence-corrected chi connectivity index (χ4v) is 9.28. The first kappa shape index (κ1) is 21.6. The van der Waals surface area contributed by atoms with E-state index in [0.717, 1.165) is 47.8 Å². The third-order valence-corrected chi connectivity index (χ3v) is 11.4. The molecule has 4 rings (SSSR count). The summed E-state index contributed by atoms with van der Waals surface area (Å²) >= 11 is 3.78. The van der Waals surface area contributed by atoms with Crippen molar-refractivity contribution in [2.45, 2.75) is 91.1 Å². The predicted molar refractivity (Wildman–Crippen MR) is 120 cm³/mol. The molecule has 0 amide bonds. The quantitative estimate of drug-likeness (QED) is 0.483. The zero-order valence-electron chi connectivity index (χ0n) is 18.7. The van der Waals surface area contributed by atoms with Crippen molar-refractivity contribution in [2.75, 3.05) is 18.5 Å². The number of aliphatic hydroxyl groups is 1. The van der Waals surface area contributed by atoms with Crippen LogP contribution in [0.25, 0.3) is 0 Å².